The molecule has 0 saturated carbocycles. The molecule has 1 heterocycles. The molecule has 1 aromatic rings. The van der Waals surface area contributed by atoms with Crippen molar-refractivity contribution in [2.75, 3.05) is 31.1 Å². The van der Waals surface area contributed by atoms with Crippen LogP contribution in [0.15, 0.2) is 6.07 Å². The fourth-order valence-corrected chi connectivity index (χ4v) is 1.57. The highest BCUT2D eigenvalue weighted by Gasteiger charge is 2.31. The quantitative estimate of drug-likeness (QED) is 0.831. The van der Waals surface area contributed by atoms with Crippen LogP contribution >= 0.6 is 0 Å². The van der Waals surface area contributed by atoms with Gasteiger partial charge in [-0.3, -0.25) is 0 Å². The zero-order valence-corrected chi connectivity index (χ0v) is 11.6. The predicted octanol–water partition coefficient (Wildman–Crippen LogP) is 1.90. The van der Waals surface area contributed by atoms with Crippen molar-refractivity contribution >= 4 is 5.95 Å². The van der Waals surface area contributed by atoms with E-state index in [1.165, 1.54) is 0 Å². The molecule has 8 heteroatoms. The Balaban J connectivity index is 2.96. The summed E-state index contributed by atoms with van der Waals surface area (Å²) in [5.41, 5.74) is 5.89. The summed E-state index contributed by atoms with van der Waals surface area (Å²) >= 11 is 0. The number of aromatic nitrogens is 2. The minimum atomic E-state index is -4.34. The number of hydrogen-bond donors (Lipinski definition) is 1. The normalized spacial score (nSPS) is 11.5. The fourth-order valence-electron chi connectivity index (χ4n) is 1.57. The summed E-state index contributed by atoms with van der Waals surface area (Å²) in [4.78, 5) is 9.04. The third-order valence-electron chi connectivity index (χ3n) is 2.32. The Hall–Kier alpha value is -1.57. The number of nitrogens with two attached hydrogens (primary N) is 1. The van der Waals surface area contributed by atoms with Crippen LogP contribution < -0.4 is 15.4 Å². The van der Waals surface area contributed by atoms with Gasteiger partial charge in [0.2, 0.25) is 11.8 Å². The molecule has 0 bridgehead atoms. The third kappa shape index (κ3) is 5.60. The highest BCUT2D eigenvalue weighted by atomic mass is 19.4. The Morgan fingerprint density at radius 2 is 2.05 bits per heavy atom. The van der Waals surface area contributed by atoms with Crippen LogP contribution in [-0.4, -0.2) is 42.4 Å². The Morgan fingerprint density at radius 3 is 2.60 bits per heavy atom. The highest BCUT2D eigenvalue weighted by molar-refractivity contribution is 5.34. The molecule has 0 aliphatic carbocycles. The number of aryl methyl sites for hydroxylation is 1. The van der Waals surface area contributed by atoms with E-state index in [4.69, 9.17) is 10.5 Å². The maximum Gasteiger partial charge on any atom is 0.406 e. The number of ether oxygens (including phenoxy) is 1. The summed E-state index contributed by atoms with van der Waals surface area (Å²) < 4.78 is 43.0. The van der Waals surface area contributed by atoms with Crippen LogP contribution in [0.25, 0.3) is 0 Å². The van der Waals surface area contributed by atoms with E-state index in [0.717, 1.165) is 11.3 Å². The summed E-state index contributed by atoms with van der Waals surface area (Å²) in [5, 5.41) is 0. The first-order chi connectivity index (χ1) is 9.35. The summed E-state index contributed by atoms with van der Waals surface area (Å²) in [6.45, 7) is 3.03. The van der Waals surface area contributed by atoms with Gasteiger partial charge in [0.05, 0.1) is 6.61 Å². The smallest absolute Gasteiger partial charge is 0.406 e. The maximum absolute atomic E-state index is 12.5. The average molecular weight is 292 g/mol. The van der Waals surface area contributed by atoms with E-state index in [1.54, 1.807) is 13.0 Å². The number of anilines is 1. The summed E-state index contributed by atoms with van der Waals surface area (Å²) in [5.74, 6) is 0.262. The van der Waals surface area contributed by atoms with Crippen LogP contribution in [0.2, 0.25) is 0 Å². The van der Waals surface area contributed by atoms with Gasteiger partial charge in [0.15, 0.2) is 0 Å². The lowest BCUT2D eigenvalue weighted by Gasteiger charge is -2.23. The van der Waals surface area contributed by atoms with Gasteiger partial charge in [-0.05, 0) is 13.3 Å². The molecule has 2 N–H and O–H groups in total. The maximum atomic E-state index is 12.5. The molecule has 0 atom stereocenters. The van der Waals surface area contributed by atoms with Gasteiger partial charge in [-0.15, -0.1) is 0 Å². The third-order valence-corrected chi connectivity index (χ3v) is 2.32. The van der Waals surface area contributed by atoms with E-state index in [0.29, 0.717) is 12.3 Å². The van der Waals surface area contributed by atoms with Crippen LogP contribution in [0.5, 0.6) is 5.88 Å². The molecular weight excluding hydrogens is 273 g/mol. The largest absolute Gasteiger partial charge is 0.478 e. The van der Waals surface area contributed by atoms with Crippen LogP contribution in [0.4, 0.5) is 19.1 Å². The molecule has 0 aromatic carbocycles. The van der Waals surface area contributed by atoms with E-state index in [1.807, 2.05) is 6.92 Å². The zero-order valence-electron chi connectivity index (χ0n) is 11.6. The van der Waals surface area contributed by atoms with Gasteiger partial charge in [0.25, 0.3) is 0 Å². The lowest BCUT2D eigenvalue weighted by molar-refractivity contribution is -0.119. The first-order valence-corrected chi connectivity index (χ1v) is 6.36. The van der Waals surface area contributed by atoms with Crippen molar-refractivity contribution in [2.45, 2.75) is 26.4 Å². The number of nitrogens with zero attached hydrogens (tertiary/aromatic N) is 3. The predicted molar refractivity (Wildman–Crippen MR) is 69.9 cm³/mol. The first kappa shape index (κ1) is 16.5. The lowest BCUT2D eigenvalue weighted by Crippen LogP contribution is -2.38. The monoisotopic (exact) mass is 292 g/mol. The molecule has 1 aromatic heterocycles. The molecule has 5 nitrogen and oxygen atoms in total. The van der Waals surface area contributed by atoms with Gasteiger partial charge in [-0.2, -0.15) is 18.2 Å². The first-order valence-electron chi connectivity index (χ1n) is 6.36. The Morgan fingerprint density at radius 1 is 1.35 bits per heavy atom. The van der Waals surface area contributed by atoms with Gasteiger partial charge >= 0.3 is 6.18 Å². The van der Waals surface area contributed by atoms with E-state index in [9.17, 15) is 13.2 Å². The van der Waals surface area contributed by atoms with Gasteiger partial charge < -0.3 is 15.4 Å². The molecule has 0 aliphatic rings. The lowest BCUT2D eigenvalue weighted by atomic mass is 10.4. The van der Waals surface area contributed by atoms with Crippen molar-refractivity contribution in [2.24, 2.45) is 5.73 Å². The van der Waals surface area contributed by atoms with Gasteiger partial charge in [-0.25, -0.2) is 4.98 Å². The van der Waals surface area contributed by atoms with E-state index >= 15 is 0 Å². The number of hydrogen-bond acceptors (Lipinski definition) is 5. The Kier molecular flexibility index (Phi) is 6.00. The van der Waals surface area contributed by atoms with Crippen LogP contribution in [0, 0.1) is 6.92 Å². The second kappa shape index (κ2) is 7.28. The van der Waals surface area contributed by atoms with Crippen molar-refractivity contribution in [1.29, 1.82) is 0 Å². The van der Waals surface area contributed by atoms with Gasteiger partial charge in [-0.1, -0.05) is 6.92 Å². The average Bonchev–Trinajstić information content (AvgIpc) is 2.33. The fraction of sp³-hybridized carbons (Fsp3) is 0.667. The van der Waals surface area contributed by atoms with Gasteiger partial charge in [0.1, 0.15) is 6.54 Å². The molecular formula is C12H19F3N4O. The minimum absolute atomic E-state index is 0.0149. The molecule has 114 valence electrons. The summed E-state index contributed by atoms with van der Waals surface area (Å²) in [6.07, 6.45) is -3.56. The van der Waals surface area contributed by atoms with Crippen molar-refractivity contribution < 1.29 is 17.9 Å². The zero-order chi connectivity index (χ0) is 15.2. The van der Waals surface area contributed by atoms with E-state index in [-0.39, 0.29) is 24.9 Å². The molecule has 20 heavy (non-hydrogen) atoms. The molecule has 0 aliphatic heterocycles. The van der Waals surface area contributed by atoms with E-state index in [2.05, 4.69) is 9.97 Å². The summed E-state index contributed by atoms with van der Waals surface area (Å²) in [7, 11) is 0. The minimum Gasteiger partial charge on any atom is -0.478 e. The molecule has 0 spiro atoms. The molecule has 1 rings (SSSR count). The molecule has 0 amide bonds. The van der Waals surface area contributed by atoms with Gasteiger partial charge in [0, 0.05) is 24.8 Å². The number of alkyl halides is 3. The Bertz CT molecular complexity index is 426. The second-order valence-corrected chi connectivity index (χ2v) is 4.32. The van der Waals surface area contributed by atoms with Crippen molar-refractivity contribution in [3.8, 4) is 5.88 Å². The molecule has 0 fully saturated rings. The number of halogens is 3. The summed E-state index contributed by atoms with van der Waals surface area (Å²) in [6, 6.07) is 1.59. The molecule has 0 unspecified atom stereocenters. The van der Waals surface area contributed by atoms with Crippen molar-refractivity contribution in [3.63, 3.8) is 0 Å². The standard InChI is InChI=1S/C12H19F3N4O/c1-3-6-20-10-7-9(2)17-11(18-10)19(5-4-16)8-12(13,14)15/h7H,3-6,8,16H2,1-2H3. The van der Waals surface area contributed by atoms with Crippen LogP contribution in [0.3, 0.4) is 0 Å². The topological polar surface area (TPSA) is 64.3 Å². The van der Waals surface area contributed by atoms with Crippen molar-refractivity contribution in [3.05, 3.63) is 11.8 Å². The van der Waals surface area contributed by atoms with Crippen LogP contribution in [0.1, 0.15) is 19.0 Å². The second-order valence-electron chi connectivity index (χ2n) is 4.32. The van der Waals surface area contributed by atoms with Crippen molar-refractivity contribution in [1.82, 2.24) is 9.97 Å². The highest BCUT2D eigenvalue weighted by Crippen LogP contribution is 2.21. The number of rotatable bonds is 7. The van der Waals surface area contributed by atoms with Crippen LogP contribution in [-0.2, 0) is 0 Å². The molecule has 0 radical (unpaired) electrons. The Labute approximate surface area is 116 Å². The molecule has 0 saturated heterocycles. The SMILES string of the molecule is CCCOc1cc(C)nc(N(CCN)CC(F)(F)F)n1. The van der Waals surface area contributed by atoms with E-state index < -0.39 is 12.7 Å².